The Morgan fingerprint density at radius 2 is 2.56 bits per heavy atom. The first kappa shape index (κ1) is 7.22. The van der Waals surface area contributed by atoms with Crippen LogP contribution in [0.4, 0.5) is 0 Å². The molecule has 1 aliphatic heterocycles. The minimum atomic E-state index is -0.532. The summed E-state index contributed by atoms with van der Waals surface area (Å²) in [5.74, 6) is 0.915. The van der Waals surface area contributed by atoms with E-state index in [0.29, 0.717) is 5.25 Å². The summed E-state index contributed by atoms with van der Waals surface area (Å²) in [5, 5.41) is 2.30. The second-order valence-electron chi connectivity index (χ2n) is 2.37. The molecule has 0 aromatic heterocycles. The Labute approximate surface area is 58.5 Å². The minimum absolute atomic E-state index is 0.433. The van der Waals surface area contributed by atoms with Gasteiger partial charge in [0.25, 0.3) is 0 Å². The van der Waals surface area contributed by atoms with Gasteiger partial charge in [0.1, 0.15) is 0 Å². The number of nitrogens with two attached hydrogens (primary N) is 1. The standard InChI is InChI=1S/C6H13NOS/c1-7-5-6-3-2-4-9(6)8/h6H,1-5,7H2. The molecule has 1 saturated heterocycles. The SMILES string of the molecule is [CH2-][NH2+]CC1CCCS1=O. The van der Waals surface area contributed by atoms with Crippen LogP contribution in [0.1, 0.15) is 12.8 Å². The van der Waals surface area contributed by atoms with E-state index in [4.69, 9.17) is 0 Å². The molecule has 9 heavy (non-hydrogen) atoms. The molecule has 0 radical (unpaired) electrons. The number of hydrogen-bond acceptors (Lipinski definition) is 1. The number of rotatable bonds is 2. The minimum Gasteiger partial charge on any atom is -0.478 e. The zero-order valence-electron chi connectivity index (χ0n) is 5.51. The number of hydrogen-bond donors (Lipinski definition) is 1. The van der Waals surface area contributed by atoms with Crippen LogP contribution >= 0.6 is 0 Å². The van der Waals surface area contributed by atoms with E-state index in [2.05, 4.69) is 7.05 Å². The molecule has 2 nitrogen and oxygen atoms in total. The summed E-state index contributed by atoms with van der Waals surface area (Å²) in [6, 6.07) is 0. The first-order valence-electron chi connectivity index (χ1n) is 3.32. The molecule has 1 rings (SSSR count). The van der Waals surface area contributed by atoms with Crippen LogP contribution < -0.4 is 5.32 Å². The van der Waals surface area contributed by atoms with E-state index in [1.54, 1.807) is 0 Å². The third-order valence-corrected chi connectivity index (χ3v) is 3.54. The quantitative estimate of drug-likeness (QED) is 0.512. The molecule has 0 bridgehead atoms. The molecule has 0 amide bonds. The Kier molecular flexibility index (Phi) is 2.66. The summed E-state index contributed by atoms with van der Waals surface area (Å²) >= 11 is 0. The van der Waals surface area contributed by atoms with Gasteiger partial charge in [-0.3, -0.25) is 4.21 Å². The highest BCUT2D eigenvalue weighted by Crippen LogP contribution is 2.13. The van der Waals surface area contributed by atoms with Crippen molar-refractivity contribution in [3.05, 3.63) is 7.05 Å². The van der Waals surface area contributed by atoms with Gasteiger partial charge in [-0.25, -0.2) is 0 Å². The van der Waals surface area contributed by atoms with Gasteiger partial charge in [-0.2, -0.15) is 7.05 Å². The fourth-order valence-electron chi connectivity index (χ4n) is 1.16. The van der Waals surface area contributed by atoms with Crippen molar-refractivity contribution in [1.29, 1.82) is 0 Å². The molecule has 0 aliphatic carbocycles. The molecule has 0 spiro atoms. The predicted octanol–water partition coefficient (Wildman–Crippen LogP) is -0.748. The van der Waals surface area contributed by atoms with Crippen molar-refractivity contribution in [1.82, 2.24) is 0 Å². The van der Waals surface area contributed by atoms with Gasteiger partial charge in [-0.15, -0.1) is 0 Å². The average molecular weight is 147 g/mol. The first-order valence-corrected chi connectivity index (χ1v) is 4.71. The van der Waals surface area contributed by atoms with Crippen LogP contribution in [0.3, 0.4) is 0 Å². The molecule has 0 saturated carbocycles. The van der Waals surface area contributed by atoms with Crippen molar-refractivity contribution in [3.8, 4) is 0 Å². The van der Waals surface area contributed by atoms with E-state index in [-0.39, 0.29) is 0 Å². The maximum atomic E-state index is 11.0. The van der Waals surface area contributed by atoms with Gasteiger partial charge in [0.05, 0.1) is 11.8 Å². The summed E-state index contributed by atoms with van der Waals surface area (Å²) < 4.78 is 11.0. The van der Waals surface area contributed by atoms with Gasteiger partial charge in [-0.1, -0.05) is 0 Å². The molecule has 1 fully saturated rings. The second kappa shape index (κ2) is 3.32. The normalized spacial score (nSPS) is 35.2. The molecular weight excluding hydrogens is 134 g/mol. The molecule has 0 aromatic carbocycles. The lowest BCUT2D eigenvalue weighted by Crippen LogP contribution is -2.79. The second-order valence-corrected chi connectivity index (χ2v) is 4.21. The van der Waals surface area contributed by atoms with E-state index in [1.807, 2.05) is 5.32 Å². The molecule has 2 atom stereocenters. The lowest BCUT2D eigenvalue weighted by Gasteiger charge is -2.05. The predicted molar refractivity (Wildman–Crippen MR) is 38.2 cm³/mol. The summed E-state index contributed by atoms with van der Waals surface area (Å²) in [4.78, 5) is 0. The Balaban J connectivity index is 2.31. The van der Waals surface area contributed by atoms with Crippen LogP contribution in [0.5, 0.6) is 0 Å². The highest BCUT2D eigenvalue weighted by atomic mass is 32.2. The Bertz CT molecular complexity index is 116. The first-order chi connectivity index (χ1) is 4.34. The van der Waals surface area contributed by atoms with Crippen molar-refractivity contribution in [3.63, 3.8) is 0 Å². The molecule has 0 aromatic rings. The highest BCUT2D eigenvalue weighted by Gasteiger charge is 2.22. The molecule has 54 valence electrons. The number of quaternary nitrogens is 1. The Morgan fingerprint density at radius 3 is 3.00 bits per heavy atom. The molecule has 2 N–H and O–H groups in total. The fraction of sp³-hybridized carbons (Fsp3) is 0.833. The summed E-state index contributed by atoms with van der Waals surface area (Å²) in [6.45, 7) is 0.937. The van der Waals surface area contributed by atoms with Crippen LogP contribution in [0.25, 0.3) is 0 Å². The Hall–Kier alpha value is 0.110. The fourth-order valence-corrected chi connectivity index (χ4v) is 2.73. The van der Waals surface area contributed by atoms with Crippen LogP contribution in [0.2, 0.25) is 0 Å². The van der Waals surface area contributed by atoms with Crippen molar-refractivity contribution in [2.45, 2.75) is 18.1 Å². The van der Waals surface area contributed by atoms with Gasteiger partial charge in [0.2, 0.25) is 0 Å². The average Bonchev–Trinajstić information content (AvgIpc) is 2.18. The van der Waals surface area contributed by atoms with Gasteiger partial charge < -0.3 is 5.32 Å². The molecule has 1 heterocycles. The third kappa shape index (κ3) is 1.76. The zero-order chi connectivity index (χ0) is 6.69. The van der Waals surface area contributed by atoms with Gasteiger partial charge in [0.15, 0.2) is 0 Å². The monoisotopic (exact) mass is 147 g/mol. The summed E-state index contributed by atoms with van der Waals surface area (Å²) in [7, 11) is 3.09. The van der Waals surface area contributed by atoms with Crippen LogP contribution in [-0.4, -0.2) is 21.8 Å². The van der Waals surface area contributed by atoms with E-state index >= 15 is 0 Å². The zero-order valence-corrected chi connectivity index (χ0v) is 6.32. The highest BCUT2D eigenvalue weighted by molar-refractivity contribution is 7.85. The topological polar surface area (TPSA) is 33.7 Å². The van der Waals surface area contributed by atoms with Crippen molar-refractivity contribution in [2.24, 2.45) is 0 Å². The van der Waals surface area contributed by atoms with Gasteiger partial charge in [0, 0.05) is 16.6 Å². The lowest BCUT2D eigenvalue weighted by atomic mass is 10.2. The smallest absolute Gasteiger partial charge is 0.0815 e. The molecule has 2 unspecified atom stereocenters. The summed E-state index contributed by atoms with van der Waals surface area (Å²) in [5.41, 5.74) is 0. The van der Waals surface area contributed by atoms with Crippen LogP contribution in [-0.2, 0) is 10.8 Å². The van der Waals surface area contributed by atoms with E-state index in [1.165, 1.54) is 0 Å². The van der Waals surface area contributed by atoms with Crippen LogP contribution in [0.15, 0.2) is 0 Å². The van der Waals surface area contributed by atoms with Crippen molar-refractivity contribution < 1.29 is 9.53 Å². The Morgan fingerprint density at radius 1 is 1.78 bits per heavy atom. The van der Waals surface area contributed by atoms with Crippen molar-refractivity contribution in [2.75, 3.05) is 12.3 Å². The molecule has 1 aliphatic rings. The van der Waals surface area contributed by atoms with Crippen LogP contribution in [0, 0.1) is 7.05 Å². The third-order valence-electron chi connectivity index (χ3n) is 1.67. The molecule has 3 heteroatoms. The summed E-state index contributed by atoms with van der Waals surface area (Å²) in [6.07, 6.45) is 2.28. The lowest BCUT2D eigenvalue weighted by molar-refractivity contribution is -0.594. The maximum Gasteiger partial charge on any atom is 0.0815 e. The van der Waals surface area contributed by atoms with Crippen molar-refractivity contribution >= 4 is 10.8 Å². The van der Waals surface area contributed by atoms with Gasteiger partial charge >= 0.3 is 0 Å². The van der Waals surface area contributed by atoms with E-state index in [0.717, 1.165) is 25.1 Å². The van der Waals surface area contributed by atoms with E-state index < -0.39 is 10.8 Å². The largest absolute Gasteiger partial charge is 0.478 e. The van der Waals surface area contributed by atoms with E-state index in [9.17, 15) is 4.21 Å². The molecular formula is C6H13NOS. The van der Waals surface area contributed by atoms with Gasteiger partial charge in [-0.05, 0) is 12.8 Å². The maximum absolute atomic E-state index is 11.0.